The molecular weight excluding hydrogens is 214 g/mol. The largest absolute Gasteiger partial charge is 0.372 e. The van der Waals surface area contributed by atoms with E-state index < -0.39 is 0 Å². The van der Waals surface area contributed by atoms with Crippen LogP contribution in [0.5, 0.6) is 0 Å². The molecule has 2 heterocycles. The first-order valence-electron chi connectivity index (χ1n) is 7.04. The summed E-state index contributed by atoms with van der Waals surface area (Å²) in [5.74, 6) is 0. The molecule has 0 aromatic rings. The zero-order valence-electron chi connectivity index (χ0n) is 11.3. The Morgan fingerprint density at radius 3 is 2.59 bits per heavy atom. The van der Waals surface area contributed by atoms with Crippen LogP contribution in [0.2, 0.25) is 0 Å². The molecule has 4 heteroatoms. The van der Waals surface area contributed by atoms with E-state index in [0.717, 1.165) is 13.0 Å². The molecule has 2 rings (SSSR count). The SMILES string of the molecule is CCN1CCN(CC2CCC(CN)O2)CC1C. The van der Waals surface area contributed by atoms with Crippen LogP contribution in [0.1, 0.15) is 26.7 Å². The standard InChI is InChI=1S/C13H27N3O/c1-3-16-7-6-15(9-11(16)2)10-13-5-4-12(8-14)17-13/h11-13H,3-10,14H2,1-2H3. The Balaban J connectivity index is 1.74. The molecule has 0 amide bonds. The molecule has 3 atom stereocenters. The number of nitrogens with two attached hydrogens (primary N) is 1. The average Bonchev–Trinajstić information content (AvgIpc) is 2.77. The number of nitrogens with zero attached hydrogens (tertiary/aromatic N) is 2. The summed E-state index contributed by atoms with van der Waals surface area (Å²) in [5, 5.41) is 0. The van der Waals surface area contributed by atoms with Gasteiger partial charge in [0.1, 0.15) is 0 Å². The second-order valence-corrected chi connectivity index (χ2v) is 5.43. The van der Waals surface area contributed by atoms with E-state index in [1.54, 1.807) is 0 Å². The monoisotopic (exact) mass is 241 g/mol. The number of piperazine rings is 1. The molecule has 0 aromatic heterocycles. The van der Waals surface area contributed by atoms with Crippen LogP contribution in [0.4, 0.5) is 0 Å². The van der Waals surface area contributed by atoms with Crippen molar-refractivity contribution in [1.82, 2.24) is 9.80 Å². The van der Waals surface area contributed by atoms with Gasteiger partial charge in [-0.05, 0) is 26.3 Å². The molecule has 0 aromatic carbocycles. The van der Waals surface area contributed by atoms with Gasteiger partial charge in [0.25, 0.3) is 0 Å². The van der Waals surface area contributed by atoms with Crippen LogP contribution in [-0.2, 0) is 4.74 Å². The first-order chi connectivity index (χ1) is 8.22. The Hall–Kier alpha value is -0.160. The first-order valence-corrected chi connectivity index (χ1v) is 7.04. The van der Waals surface area contributed by atoms with Gasteiger partial charge in [-0.3, -0.25) is 9.80 Å². The summed E-state index contributed by atoms with van der Waals surface area (Å²) < 4.78 is 5.92. The second kappa shape index (κ2) is 6.14. The molecule has 17 heavy (non-hydrogen) atoms. The van der Waals surface area contributed by atoms with Crippen molar-refractivity contribution < 1.29 is 4.74 Å². The lowest BCUT2D eigenvalue weighted by atomic mass is 10.1. The third kappa shape index (κ3) is 3.41. The first kappa shape index (κ1) is 13.3. The molecule has 3 unspecified atom stereocenters. The lowest BCUT2D eigenvalue weighted by Gasteiger charge is -2.40. The Labute approximate surface area is 105 Å². The lowest BCUT2D eigenvalue weighted by molar-refractivity contribution is 0.00663. The Bertz CT molecular complexity index is 237. The van der Waals surface area contributed by atoms with E-state index in [2.05, 4.69) is 23.6 Å². The number of likely N-dealkylation sites (N-methyl/N-ethyl adjacent to an activating group) is 1. The van der Waals surface area contributed by atoms with Crippen LogP contribution in [-0.4, -0.2) is 67.3 Å². The van der Waals surface area contributed by atoms with Crippen molar-refractivity contribution in [2.24, 2.45) is 5.73 Å². The topological polar surface area (TPSA) is 41.7 Å². The van der Waals surface area contributed by atoms with Gasteiger partial charge in [0, 0.05) is 38.8 Å². The summed E-state index contributed by atoms with van der Waals surface area (Å²) in [6, 6.07) is 0.681. The van der Waals surface area contributed by atoms with E-state index in [1.807, 2.05) is 0 Å². The highest BCUT2D eigenvalue weighted by molar-refractivity contribution is 4.82. The minimum atomic E-state index is 0.314. The highest BCUT2D eigenvalue weighted by Gasteiger charge is 2.28. The van der Waals surface area contributed by atoms with Crippen LogP contribution in [0.25, 0.3) is 0 Å². The summed E-state index contributed by atoms with van der Waals surface area (Å²) in [4.78, 5) is 5.11. The average molecular weight is 241 g/mol. The summed E-state index contributed by atoms with van der Waals surface area (Å²) in [5.41, 5.74) is 5.64. The van der Waals surface area contributed by atoms with Crippen LogP contribution >= 0.6 is 0 Å². The van der Waals surface area contributed by atoms with Gasteiger partial charge in [0.2, 0.25) is 0 Å². The Kier molecular flexibility index (Phi) is 4.79. The molecule has 0 bridgehead atoms. The zero-order valence-corrected chi connectivity index (χ0v) is 11.3. The fraction of sp³-hybridized carbons (Fsp3) is 1.00. The molecule has 2 saturated heterocycles. The fourth-order valence-corrected chi connectivity index (χ4v) is 3.08. The summed E-state index contributed by atoms with van der Waals surface area (Å²) >= 11 is 0. The van der Waals surface area contributed by atoms with Gasteiger partial charge < -0.3 is 10.5 Å². The van der Waals surface area contributed by atoms with E-state index in [0.29, 0.717) is 24.8 Å². The maximum absolute atomic E-state index is 5.92. The molecule has 2 aliphatic rings. The Morgan fingerprint density at radius 2 is 2.00 bits per heavy atom. The van der Waals surface area contributed by atoms with E-state index in [4.69, 9.17) is 10.5 Å². The van der Waals surface area contributed by atoms with Crippen molar-refractivity contribution in [3.05, 3.63) is 0 Å². The third-order valence-corrected chi connectivity index (χ3v) is 4.18. The molecule has 0 saturated carbocycles. The van der Waals surface area contributed by atoms with Crippen LogP contribution < -0.4 is 5.73 Å². The van der Waals surface area contributed by atoms with Gasteiger partial charge in [0.05, 0.1) is 12.2 Å². The predicted molar refractivity (Wildman–Crippen MR) is 70.1 cm³/mol. The Morgan fingerprint density at radius 1 is 1.24 bits per heavy atom. The molecule has 0 spiro atoms. The van der Waals surface area contributed by atoms with Crippen LogP contribution in [0.3, 0.4) is 0 Å². The minimum absolute atomic E-state index is 0.314. The molecule has 2 N–H and O–H groups in total. The fourth-order valence-electron chi connectivity index (χ4n) is 3.08. The van der Waals surface area contributed by atoms with Gasteiger partial charge >= 0.3 is 0 Å². The van der Waals surface area contributed by atoms with Crippen molar-refractivity contribution in [2.45, 2.75) is 44.9 Å². The molecular formula is C13H27N3O. The van der Waals surface area contributed by atoms with Crippen molar-refractivity contribution in [3.63, 3.8) is 0 Å². The maximum atomic E-state index is 5.92. The van der Waals surface area contributed by atoms with Gasteiger partial charge in [-0.2, -0.15) is 0 Å². The summed E-state index contributed by atoms with van der Waals surface area (Å²) in [6.07, 6.45) is 3.06. The second-order valence-electron chi connectivity index (χ2n) is 5.43. The number of rotatable bonds is 4. The minimum Gasteiger partial charge on any atom is -0.372 e. The molecule has 2 fully saturated rings. The highest BCUT2D eigenvalue weighted by atomic mass is 16.5. The maximum Gasteiger partial charge on any atom is 0.0707 e. The van der Waals surface area contributed by atoms with Gasteiger partial charge in [0.15, 0.2) is 0 Å². The van der Waals surface area contributed by atoms with Crippen LogP contribution in [0.15, 0.2) is 0 Å². The summed E-state index contributed by atoms with van der Waals surface area (Å²) in [6.45, 7) is 11.1. The molecule has 2 aliphatic heterocycles. The van der Waals surface area contributed by atoms with Gasteiger partial charge in [-0.25, -0.2) is 0 Å². The van der Waals surface area contributed by atoms with E-state index in [9.17, 15) is 0 Å². The van der Waals surface area contributed by atoms with Crippen LogP contribution in [0, 0.1) is 0 Å². The van der Waals surface area contributed by atoms with E-state index >= 15 is 0 Å². The number of hydrogen-bond donors (Lipinski definition) is 1. The molecule has 4 nitrogen and oxygen atoms in total. The van der Waals surface area contributed by atoms with Crippen molar-refractivity contribution in [1.29, 1.82) is 0 Å². The van der Waals surface area contributed by atoms with Crippen molar-refractivity contribution >= 4 is 0 Å². The van der Waals surface area contributed by atoms with E-state index in [-0.39, 0.29) is 0 Å². The van der Waals surface area contributed by atoms with Gasteiger partial charge in [-0.15, -0.1) is 0 Å². The highest BCUT2D eigenvalue weighted by Crippen LogP contribution is 2.20. The normalized spacial score (nSPS) is 36.5. The van der Waals surface area contributed by atoms with Gasteiger partial charge in [-0.1, -0.05) is 6.92 Å². The quantitative estimate of drug-likeness (QED) is 0.779. The molecule has 0 aliphatic carbocycles. The van der Waals surface area contributed by atoms with Crippen molar-refractivity contribution in [3.8, 4) is 0 Å². The number of hydrogen-bond acceptors (Lipinski definition) is 4. The predicted octanol–water partition coefficient (Wildman–Crippen LogP) is 0.519. The van der Waals surface area contributed by atoms with Crippen molar-refractivity contribution in [2.75, 3.05) is 39.3 Å². The summed E-state index contributed by atoms with van der Waals surface area (Å²) in [7, 11) is 0. The van der Waals surface area contributed by atoms with E-state index in [1.165, 1.54) is 32.6 Å². The zero-order chi connectivity index (χ0) is 12.3. The molecule has 0 radical (unpaired) electrons. The lowest BCUT2D eigenvalue weighted by Crippen LogP contribution is -2.53. The third-order valence-electron chi connectivity index (χ3n) is 4.18. The number of ether oxygens (including phenoxy) is 1. The smallest absolute Gasteiger partial charge is 0.0707 e. The molecule has 100 valence electrons.